The number of amides is 1. The number of ether oxygens (including phenoxy) is 1. The van der Waals surface area contributed by atoms with Crippen molar-refractivity contribution in [3.05, 3.63) is 91.2 Å². The number of hydrogen-bond donors (Lipinski definition) is 1. The Morgan fingerprint density at radius 1 is 1.21 bits per heavy atom. The average Bonchev–Trinajstić information content (AvgIpc) is 3.55. The second kappa shape index (κ2) is 11.5. The third-order valence-electron chi connectivity index (χ3n) is 6.00. The SMILES string of the molecule is CNC(=O)c1ccc(CC(=O)C(Cc2ccn(C)n2)n2cc(OC)c(-c3cc(Cl)ccc3C#N)cc2=O)s1. The van der Waals surface area contributed by atoms with Gasteiger partial charge in [-0.15, -0.1) is 11.3 Å². The Bertz CT molecular complexity index is 1610. The molecule has 38 heavy (non-hydrogen) atoms. The van der Waals surface area contributed by atoms with Crippen molar-refractivity contribution in [1.82, 2.24) is 19.7 Å². The number of methoxy groups -OCH3 is 1. The molecule has 194 valence electrons. The number of rotatable bonds is 9. The fourth-order valence-electron chi connectivity index (χ4n) is 4.13. The Morgan fingerprint density at radius 3 is 2.66 bits per heavy atom. The molecule has 1 amide bonds. The van der Waals surface area contributed by atoms with E-state index in [1.54, 1.807) is 61.4 Å². The van der Waals surface area contributed by atoms with Gasteiger partial charge < -0.3 is 14.6 Å². The maximum atomic E-state index is 13.6. The van der Waals surface area contributed by atoms with Crippen LogP contribution in [0.1, 0.15) is 31.8 Å². The van der Waals surface area contributed by atoms with E-state index in [0.717, 1.165) is 0 Å². The Morgan fingerprint density at radius 2 is 2.00 bits per heavy atom. The lowest BCUT2D eigenvalue weighted by molar-refractivity contribution is -0.121. The molecule has 1 unspecified atom stereocenters. The van der Waals surface area contributed by atoms with Gasteiger partial charge in [-0.05, 0) is 36.4 Å². The molecule has 0 radical (unpaired) electrons. The number of nitrogens with zero attached hydrogens (tertiary/aromatic N) is 4. The molecule has 0 fully saturated rings. The lowest BCUT2D eigenvalue weighted by atomic mass is 9.99. The molecule has 11 heteroatoms. The standard InChI is InChI=1S/C27H24ClN5O4S/c1-30-27(36)25-7-6-19(38-25)12-23(34)22(11-18-8-9-32(2)31-18)33-15-24(37-3)21(13-26(33)35)20-10-17(28)5-4-16(20)14-29/h4-10,13,15,22H,11-12H2,1-3H3,(H,30,36). The second-order valence-corrected chi connectivity index (χ2v) is 10.1. The molecule has 3 heterocycles. The van der Waals surface area contributed by atoms with Crippen LogP contribution in [0, 0.1) is 11.3 Å². The second-order valence-electron chi connectivity index (χ2n) is 8.49. The normalized spacial score (nSPS) is 11.6. The summed E-state index contributed by atoms with van der Waals surface area (Å²) in [5, 5.41) is 16.9. The van der Waals surface area contributed by atoms with Gasteiger partial charge in [0.15, 0.2) is 5.78 Å². The van der Waals surface area contributed by atoms with Gasteiger partial charge in [-0.1, -0.05) is 11.6 Å². The van der Waals surface area contributed by atoms with Crippen LogP contribution in [0.25, 0.3) is 11.1 Å². The maximum Gasteiger partial charge on any atom is 0.261 e. The van der Waals surface area contributed by atoms with Crippen molar-refractivity contribution in [2.24, 2.45) is 7.05 Å². The van der Waals surface area contributed by atoms with Crippen LogP contribution >= 0.6 is 22.9 Å². The van der Waals surface area contributed by atoms with Gasteiger partial charge in [0.25, 0.3) is 11.5 Å². The molecule has 0 aliphatic rings. The van der Waals surface area contributed by atoms with E-state index in [4.69, 9.17) is 16.3 Å². The van der Waals surface area contributed by atoms with Gasteiger partial charge in [0.2, 0.25) is 0 Å². The Hall–Kier alpha value is -4.20. The number of thiophene rings is 1. The molecule has 0 spiro atoms. The van der Waals surface area contributed by atoms with Gasteiger partial charge in [0.05, 0.1) is 35.5 Å². The molecular weight excluding hydrogens is 526 g/mol. The first-order chi connectivity index (χ1) is 18.2. The number of carbonyl (C=O) groups is 2. The predicted molar refractivity (Wildman–Crippen MR) is 145 cm³/mol. The summed E-state index contributed by atoms with van der Waals surface area (Å²) in [4.78, 5) is 40.2. The van der Waals surface area contributed by atoms with E-state index in [0.29, 0.717) is 42.9 Å². The number of hydrogen-bond acceptors (Lipinski definition) is 7. The summed E-state index contributed by atoms with van der Waals surface area (Å²) in [6.45, 7) is 0. The van der Waals surface area contributed by atoms with E-state index in [1.807, 2.05) is 0 Å². The van der Waals surface area contributed by atoms with Crippen molar-refractivity contribution >= 4 is 34.6 Å². The number of benzene rings is 1. The summed E-state index contributed by atoms with van der Waals surface area (Å²) in [6.07, 6.45) is 3.45. The van der Waals surface area contributed by atoms with Crippen LogP contribution in [0.2, 0.25) is 5.02 Å². The highest BCUT2D eigenvalue weighted by atomic mass is 35.5. The molecular formula is C27H24ClN5O4S. The smallest absolute Gasteiger partial charge is 0.261 e. The van der Waals surface area contributed by atoms with E-state index >= 15 is 0 Å². The van der Waals surface area contributed by atoms with Crippen molar-refractivity contribution in [1.29, 1.82) is 5.26 Å². The van der Waals surface area contributed by atoms with Crippen molar-refractivity contribution < 1.29 is 14.3 Å². The van der Waals surface area contributed by atoms with Crippen LogP contribution in [-0.4, -0.2) is 40.2 Å². The fraction of sp³-hybridized carbons (Fsp3) is 0.222. The third-order valence-corrected chi connectivity index (χ3v) is 7.32. The summed E-state index contributed by atoms with van der Waals surface area (Å²) in [5.74, 6) is -0.147. The van der Waals surface area contributed by atoms with E-state index in [1.165, 1.54) is 35.3 Å². The van der Waals surface area contributed by atoms with E-state index in [2.05, 4.69) is 16.5 Å². The van der Waals surface area contributed by atoms with E-state index in [-0.39, 0.29) is 24.5 Å². The minimum absolute atomic E-state index is 0.0303. The highest BCUT2D eigenvalue weighted by Crippen LogP contribution is 2.34. The number of carbonyl (C=O) groups excluding carboxylic acids is 2. The van der Waals surface area contributed by atoms with Crippen molar-refractivity contribution in [2.75, 3.05) is 14.2 Å². The van der Waals surface area contributed by atoms with Crippen LogP contribution in [0.4, 0.5) is 0 Å². The topological polar surface area (TPSA) is 119 Å². The first-order valence-electron chi connectivity index (χ1n) is 11.6. The summed E-state index contributed by atoms with van der Waals surface area (Å²) in [7, 11) is 4.77. The number of pyridine rings is 1. The Balaban J connectivity index is 1.77. The molecule has 9 nitrogen and oxygen atoms in total. The van der Waals surface area contributed by atoms with Crippen molar-refractivity contribution in [3.8, 4) is 22.9 Å². The number of nitriles is 1. The minimum Gasteiger partial charge on any atom is -0.495 e. The molecule has 0 bridgehead atoms. The molecule has 0 saturated carbocycles. The first-order valence-corrected chi connectivity index (χ1v) is 12.8. The highest BCUT2D eigenvalue weighted by Gasteiger charge is 2.26. The molecule has 1 atom stereocenters. The number of halogens is 1. The Labute approximate surface area is 227 Å². The summed E-state index contributed by atoms with van der Waals surface area (Å²) < 4.78 is 8.56. The van der Waals surface area contributed by atoms with Gasteiger partial charge in [-0.2, -0.15) is 10.4 Å². The summed E-state index contributed by atoms with van der Waals surface area (Å²) in [6, 6.07) is 12.5. The van der Waals surface area contributed by atoms with Crippen molar-refractivity contribution in [3.63, 3.8) is 0 Å². The van der Waals surface area contributed by atoms with Crippen LogP contribution < -0.4 is 15.6 Å². The van der Waals surface area contributed by atoms with Crippen molar-refractivity contribution in [2.45, 2.75) is 18.9 Å². The zero-order valence-electron chi connectivity index (χ0n) is 20.9. The van der Waals surface area contributed by atoms with Crippen LogP contribution in [0.3, 0.4) is 0 Å². The average molecular weight is 550 g/mol. The number of aromatic nitrogens is 3. The third kappa shape index (κ3) is 5.69. The zero-order valence-corrected chi connectivity index (χ0v) is 22.5. The number of ketones is 1. The lowest BCUT2D eigenvalue weighted by Gasteiger charge is -2.20. The van der Waals surface area contributed by atoms with E-state index in [9.17, 15) is 19.6 Å². The maximum absolute atomic E-state index is 13.6. The molecule has 4 rings (SSSR count). The van der Waals surface area contributed by atoms with Crippen LogP contribution in [0.15, 0.2) is 59.7 Å². The number of nitrogens with one attached hydrogen (secondary N) is 1. The lowest BCUT2D eigenvalue weighted by Crippen LogP contribution is -2.32. The monoisotopic (exact) mass is 549 g/mol. The number of aryl methyl sites for hydroxylation is 1. The molecule has 0 aliphatic heterocycles. The van der Waals surface area contributed by atoms with Crippen LogP contribution in [0.5, 0.6) is 5.75 Å². The van der Waals surface area contributed by atoms with Gasteiger partial charge in [0.1, 0.15) is 11.8 Å². The summed E-state index contributed by atoms with van der Waals surface area (Å²) in [5.41, 5.74) is 1.37. The van der Waals surface area contributed by atoms with E-state index < -0.39 is 11.6 Å². The fourth-order valence-corrected chi connectivity index (χ4v) is 5.26. The summed E-state index contributed by atoms with van der Waals surface area (Å²) >= 11 is 7.40. The molecule has 1 N–H and O–H groups in total. The first kappa shape index (κ1) is 26.9. The van der Waals surface area contributed by atoms with Gasteiger partial charge >= 0.3 is 0 Å². The van der Waals surface area contributed by atoms with Gasteiger partial charge in [0, 0.05) is 60.2 Å². The largest absolute Gasteiger partial charge is 0.495 e. The minimum atomic E-state index is -0.888. The van der Waals surface area contributed by atoms with Crippen LogP contribution in [-0.2, 0) is 24.7 Å². The molecule has 1 aromatic carbocycles. The van der Waals surface area contributed by atoms with Gasteiger partial charge in [-0.3, -0.25) is 19.1 Å². The zero-order chi connectivity index (χ0) is 27.4. The highest BCUT2D eigenvalue weighted by molar-refractivity contribution is 7.14. The molecule has 3 aromatic heterocycles. The Kier molecular flexibility index (Phi) is 8.10. The quantitative estimate of drug-likeness (QED) is 0.339. The molecule has 0 aliphatic carbocycles. The molecule has 4 aromatic rings. The predicted octanol–water partition coefficient (Wildman–Crippen LogP) is 3.80. The molecule has 0 saturated heterocycles. The van der Waals surface area contributed by atoms with Gasteiger partial charge in [-0.25, -0.2) is 0 Å². The number of Topliss-reactive ketones (excluding diaryl/α,β-unsaturated/α-hetero) is 1.